The molecule has 1 aromatic carbocycles. The van der Waals surface area contributed by atoms with E-state index in [1.165, 1.54) is 11.8 Å². The summed E-state index contributed by atoms with van der Waals surface area (Å²) in [6.45, 7) is 0. The standard InChI is InChI=1S/C8H9OS2/c1-10-7-5-3-4-6-8(7)11(2)9/h3-6H,1H2,2H3. The zero-order chi connectivity index (χ0) is 8.27. The minimum atomic E-state index is -0.901. The van der Waals surface area contributed by atoms with Gasteiger partial charge in [0.1, 0.15) is 6.26 Å². The Kier molecular flexibility index (Phi) is 3.30. The van der Waals surface area contributed by atoms with Gasteiger partial charge < -0.3 is 4.55 Å². The molecular formula is C8H9OS2. The predicted molar refractivity (Wildman–Crippen MR) is 50.0 cm³/mol. The maximum absolute atomic E-state index is 11.1. The van der Waals surface area contributed by atoms with E-state index in [9.17, 15) is 4.55 Å². The fourth-order valence-electron chi connectivity index (χ4n) is 0.807. The van der Waals surface area contributed by atoms with E-state index in [1.807, 2.05) is 24.3 Å². The molecule has 3 heteroatoms. The molecule has 1 nitrogen and oxygen atoms in total. The first-order valence-electron chi connectivity index (χ1n) is 3.10. The molecule has 59 valence electrons. The topological polar surface area (TPSA) is 23.1 Å². The summed E-state index contributed by atoms with van der Waals surface area (Å²) >= 11 is 0.479. The molecule has 1 rings (SSSR count). The summed E-state index contributed by atoms with van der Waals surface area (Å²) in [5.74, 6) is 0. The Hall–Kier alpha value is -0.120. The Balaban J connectivity index is 3.02. The lowest BCUT2D eigenvalue weighted by atomic mass is 10.4. The highest BCUT2D eigenvalue weighted by Crippen LogP contribution is 2.24. The van der Waals surface area contributed by atoms with Crippen molar-refractivity contribution in [1.29, 1.82) is 0 Å². The third-order valence-electron chi connectivity index (χ3n) is 1.31. The van der Waals surface area contributed by atoms with Gasteiger partial charge >= 0.3 is 0 Å². The monoisotopic (exact) mass is 185 g/mol. The van der Waals surface area contributed by atoms with Crippen LogP contribution >= 0.6 is 11.8 Å². The third-order valence-corrected chi connectivity index (χ3v) is 3.09. The summed E-state index contributed by atoms with van der Waals surface area (Å²) in [7, 11) is 0. The smallest absolute Gasteiger partial charge is 0.165 e. The second-order valence-corrected chi connectivity index (χ2v) is 4.12. The lowest BCUT2D eigenvalue weighted by molar-refractivity contribution is 0.599. The van der Waals surface area contributed by atoms with Crippen molar-refractivity contribution in [3.63, 3.8) is 0 Å². The highest BCUT2D eigenvalue weighted by Gasteiger charge is 2.08. The second-order valence-electron chi connectivity index (χ2n) is 2.05. The largest absolute Gasteiger partial charge is 0.612 e. The lowest BCUT2D eigenvalue weighted by Gasteiger charge is -2.06. The summed E-state index contributed by atoms with van der Waals surface area (Å²) < 4.78 is 11.1. The number of rotatable bonds is 2. The van der Waals surface area contributed by atoms with Gasteiger partial charge in [0.15, 0.2) is 4.90 Å². The molecule has 0 saturated heterocycles. The summed E-state index contributed by atoms with van der Waals surface area (Å²) in [4.78, 5) is 1.86. The van der Waals surface area contributed by atoms with Crippen LogP contribution in [0.4, 0.5) is 0 Å². The molecular weight excluding hydrogens is 176 g/mol. The molecule has 0 fully saturated rings. The number of benzene rings is 1. The van der Waals surface area contributed by atoms with Crippen LogP contribution in [0, 0.1) is 6.26 Å². The quantitative estimate of drug-likeness (QED) is 0.521. The minimum Gasteiger partial charge on any atom is -0.612 e. The van der Waals surface area contributed by atoms with Gasteiger partial charge in [-0.15, -0.1) is 11.8 Å². The molecule has 0 bridgehead atoms. The molecule has 1 atom stereocenters. The van der Waals surface area contributed by atoms with Gasteiger partial charge in [-0.05, 0) is 23.3 Å². The van der Waals surface area contributed by atoms with Crippen LogP contribution < -0.4 is 0 Å². The fraction of sp³-hybridized carbons (Fsp3) is 0.125. The van der Waals surface area contributed by atoms with Gasteiger partial charge in [0, 0.05) is 6.26 Å². The van der Waals surface area contributed by atoms with E-state index in [0.717, 1.165) is 9.79 Å². The van der Waals surface area contributed by atoms with Crippen molar-refractivity contribution in [2.75, 3.05) is 6.26 Å². The Labute approximate surface area is 74.4 Å². The molecule has 0 aliphatic carbocycles. The van der Waals surface area contributed by atoms with Crippen molar-refractivity contribution in [2.45, 2.75) is 9.79 Å². The van der Waals surface area contributed by atoms with E-state index in [4.69, 9.17) is 0 Å². The Morgan fingerprint density at radius 1 is 1.45 bits per heavy atom. The molecule has 1 aromatic rings. The van der Waals surface area contributed by atoms with Crippen LogP contribution in [-0.4, -0.2) is 10.8 Å². The molecule has 0 aromatic heterocycles. The first-order valence-corrected chi connectivity index (χ1v) is 5.64. The Bertz CT molecular complexity index is 235. The molecule has 0 aliphatic heterocycles. The Morgan fingerprint density at radius 3 is 2.55 bits per heavy atom. The van der Waals surface area contributed by atoms with Gasteiger partial charge in [0.25, 0.3) is 0 Å². The van der Waals surface area contributed by atoms with E-state index in [-0.39, 0.29) is 0 Å². The van der Waals surface area contributed by atoms with Gasteiger partial charge in [0.2, 0.25) is 0 Å². The summed E-state index contributed by atoms with van der Waals surface area (Å²) in [5.41, 5.74) is 0. The van der Waals surface area contributed by atoms with Crippen LogP contribution in [0.5, 0.6) is 0 Å². The van der Waals surface area contributed by atoms with E-state index in [0.29, 0.717) is 0 Å². The number of hydrogen-bond donors (Lipinski definition) is 0. The average Bonchev–Trinajstić information content (AvgIpc) is 2.04. The van der Waals surface area contributed by atoms with Crippen LogP contribution in [0.25, 0.3) is 0 Å². The zero-order valence-electron chi connectivity index (χ0n) is 6.24. The van der Waals surface area contributed by atoms with Crippen molar-refractivity contribution >= 4 is 22.9 Å². The van der Waals surface area contributed by atoms with Gasteiger partial charge in [-0.25, -0.2) is 0 Å². The van der Waals surface area contributed by atoms with E-state index in [1.54, 1.807) is 6.26 Å². The van der Waals surface area contributed by atoms with Crippen LogP contribution in [0.3, 0.4) is 0 Å². The highest BCUT2D eigenvalue weighted by atomic mass is 32.2. The first kappa shape index (κ1) is 8.97. The van der Waals surface area contributed by atoms with Crippen LogP contribution in [0.1, 0.15) is 0 Å². The molecule has 11 heavy (non-hydrogen) atoms. The number of hydrogen-bond acceptors (Lipinski definition) is 2. The van der Waals surface area contributed by atoms with E-state index in [2.05, 4.69) is 6.26 Å². The van der Waals surface area contributed by atoms with Crippen molar-refractivity contribution in [3.8, 4) is 0 Å². The van der Waals surface area contributed by atoms with Gasteiger partial charge in [-0.2, -0.15) is 0 Å². The molecule has 0 aliphatic rings. The van der Waals surface area contributed by atoms with E-state index < -0.39 is 11.2 Å². The molecule has 0 N–H and O–H groups in total. The molecule has 1 radical (unpaired) electrons. The summed E-state index contributed by atoms with van der Waals surface area (Å²) in [5, 5.41) is 0. The van der Waals surface area contributed by atoms with Crippen LogP contribution in [0.15, 0.2) is 34.1 Å². The minimum absolute atomic E-state index is 0.868. The highest BCUT2D eigenvalue weighted by molar-refractivity contribution is 8.01. The van der Waals surface area contributed by atoms with Gasteiger partial charge in [-0.1, -0.05) is 12.1 Å². The molecule has 0 amide bonds. The molecule has 1 unspecified atom stereocenters. The maximum Gasteiger partial charge on any atom is 0.165 e. The van der Waals surface area contributed by atoms with Crippen molar-refractivity contribution in [1.82, 2.24) is 0 Å². The van der Waals surface area contributed by atoms with Crippen molar-refractivity contribution in [3.05, 3.63) is 30.5 Å². The zero-order valence-corrected chi connectivity index (χ0v) is 7.87. The summed E-state index contributed by atoms with van der Waals surface area (Å²) in [6.07, 6.45) is 5.36. The van der Waals surface area contributed by atoms with Crippen LogP contribution in [0.2, 0.25) is 0 Å². The summed E-state index contributed by atoms with van der Waals surface area (Å²) in [6, 6.07) is 7.60. The Morgan fingerprint density at radius 2 is 2.09 bits per heavy atom. The van der Waals surface area contributed by atoms with Gasteiger partial charge in [-0.3, -0.25) is 0 Å². The lowest BCUT2D eigenvalue weighted by Crippen LogP contribution is -1.98. The average molecular weight is 185 g/mol. The fourth-order valence-corrected chi connectivity index (χ4v) is 2.34. The molecule has 0 heterocycles. The number of thioether (sulfide) groups is 1. The second kappa shape index (κ2) is 4.04. The normalized spacial score (nSPS) is 13.0. The SMILES string of the molecule is [CH2]Sc1ccccc1[S+](C)[O-]. The van der Waals surface area contributed by atoms with E-state index >= 15 is 0 Å². The maximum atomic E-state index is 11.1. The molecule has 0 spiro atoms. The van der Waals surface area contributed by atoms with Crippen molar-refractivity contribution < 1.29 is 4.55 Å². The van der Waals surface area contributed by atoms with Crippen molar-refractivity contribution in [2.24, 2.45) is 0 Å². The van der Waals surface area contributed by atoms with Gasteiger partial charge in [0.05, 0.1) is 4.90 Å². The first-order chi connectivity index (χ1) is 5.25. The molecule has 0 saturated carbocycles. The third kappa shape index (κ3) is 2.15. The predicted octanol–water partition coefficient (Wildman–Crippen LogP) is 2.31. The van der Waals surface area contributed by atoms with Crippen LogP contribution in [-0.2, 0) is 11.2 Å².